The van der Waals surface area contributed by atoms with Crippen molar-refractivity contribution in [1.82, 2.24) is 20.4 Å². The summed E-state index contributed by atoms with van der Waals surface area (Å²) in [6.45, 7) is 4.67. The van der Waals surface area contributed by atoms with Crippen LogP contribution in [0.5, 0.6) is 0 Å². The number of hydrogen-bond acceptors (Lipinski definition) is 7. The number of rotatable bonds is 11. The van der Waals surface area contributed by atoms with Crippen molar-refractivity contribution in [2.75, 3.05) is 45.9 Å². The van der Waals surface area contributed by atoms with Gasteiger partial charge in [-0.1, -0.05) is 60.7 Å². The molecule has 0 bridgehead atoms. The standard InChI is InChI=1S/C29H38N4O6/c34-26(28(36)33-14-7-12-25(33)27(35)30-13-15-32-16-18-38-19-17-32)24(20-22-8-3-1-4-9-22)31-29(37)39-21-23-10-5-2-6-11-23/h1-6,8-11,24-26,34H,7,12-21H2,(H,30,35)(H,31,37)/t24?,25-,26?/m0/s1. The molecule has 3 atom stereocenters. The molecule has 2 aromatic carbocycles. The number of nitrogens with one attached hydrogen (secondary N) is 2. The normalized spacial score (nSPS) is 19.2. The summed E-state index contributed by atoms with van der Waals surface area (Å²) in [5.41, 5.74) is 1.67. The lowest BCUT2D eigenvalue weighted by Gasteiger charge is -2.30. The molecule has 210 valence electrons. The van der Waals surface area contributed by atoms with E-state index < -0.39 is 30.2 Å². The SMILES string of the molecule is O=C(NC(Cc1ccccc1)C(O)C(=O)N1CCC[C@H]1C(=O)NCCN1CCOCC1)OCc1ccccc1. The third-order valence-electron chi connectivity index (χ3n) is 7.12. The van der Waals surface area contributed by atoms with Crippen molar-refractivity contribution in [3.8, 4) is 0 Å². The van der Waals surface area contributed by atoms with E-state index in [1.807, 2.05) is 60.7 Å². The van der Waals surface area contributed by atoms with Crippen molar-refractivity contribution in [3.05, 3.63) is 71.8 Å². The molecule has 4 rings (SSSR count). The molecule has 10 nitrogen and oxygen atoms in total. The molecule has 2 aliphatic heterocycles. The maximum atomic E-state index is 13.5. The molecule has 0 aromatic heterocycles. The highest BCUT2D eigenvalue weighted by atomic mass is 16.5. The van der Waals surface area contributed by atoms with Gasteiger partial charge in [-0.15, -0.1) is 0 Å². The van der Waals surface area contributed by atoms with E-state index in [0.717, 1.165) is 24.2 Å². The predicted molar refractivity (Wildman–Crippen MR) is 145 cm³/mol. The number of nitrogens with zero attached hydrogens (tertiary/aromatic N) is 2. The molecule has 0 aliphatic carbocycles. The molecule has 2 heterocycles. The number of alkyl carbamates (subject to hydrolysis) is 1. The van der Waals surface area contributed by atoms with E-state index >= 15 is 0 Å². The van der Waals surface area contributed by atoms with Crippen LogP contribution in [0.3, 0.4) is 0 Å². The quantitative estimate of drug-likeness (QED) is 0.395. The van der Waals surface area contributed by atoms with Crippen LogP contribution in [-0.2, 0) is 32.1 Å². The Bertz CT molecular complexity index is 1060. The third kappa shape index (κ3) is 8.51. The van der Waals surface area contributed by atoms with Gasteiger partial charge in [0.15, 0.2) is 6.10 Å². The van der Waals surface area contributed by atoms with E-state index in [0.29, 0.717) is 45.7 Å². The molecular formula is C29H38N4O6. The minimum atomic E-state index is -1.55. The molecule has 3 N–H and O–H groups in total. The van der Waals surface area contributed by atoms with Gasteiger partial charge >= 0.3 is 6.09 Å². The zero-order valence-corrected chi connectivity index (χ0v) is 22.2. The van der Waals surface area contributed by atoms with E-state index in [1.165, 1.54) is 4.90 Å². The Morgan fingerprint density at radius 1 is 0.974 bits per heavy atom. The highest BCUT2D eigenvalue weighted by molar-refractivity contribution is 5.90. The molecule has 39 heavy (non-hydrogen) atoms. The Labute approximate surface area is 229 Å². The highest BCUT2D eigenvalue weighted by Crippen LogP contribution is 2.20. The van der Waals surface area contributed by atoms with Crippen molar-refractivity contribution in [3.63, 3.8) is 0 Å². The van der Waals surface area contributed by atoms with Gasteiger partial charge in [-0.2, -0.15) is 0 Å². The van der Waals surface area contributed by atoms with Gasteiger partial charge < -0.3 is 30.1 Å². The molecular weight excluding hydrogens is 500 g/mol. The van der Waals surface area contributed by atoms with Crippen LogP contribution in [0.25, 0.3) is 0 Å². The highest BCUT2D eigenvalue weighted by Gasteiger charge is 2.39. The summed E-state index contributed by atoms with van der Waals surface area (Å²) in [4.78, 5) is 42.7. The van der Waals surface area contributed by atoms with Crippen LogP contribution < -0.4 is 10.6 Å². The summed E-state index contributed by atoms with van der Waals surface area (Å²) < 4.78 is 10.7. The summed E-state index contributed by atoms with van der Waals surface area (Å²) in [5, 5.41) is 16.8. The molecule has 2 unspecified atom stereocenters. The van der Waals surface area contributed by atoms with Crippen LogP contribution in [0.1, 0.15) is 24.0 Å². The molecule has 10 heteroatoms. The Hall–Kier alpha value is -3.47. The summed E-state index contributed by atoms with van der Waals surface area (Å²) in [6, 6.07) is 17.0. The third-order valence-corrected chi connectivity index (χ3v) is 7.12. The number of aliphatic hydroxyl groups is 1. The summed E-state index contributed by atoms with van der Waals surface area (Å²) >= 11 is 0. The lowest BCUT2D eigenvalue weighted by molar-refractivity contribution is -0.146. The van der Waals surface area contributed by atoms with Crippen molar-refractivity contribution in [2.45, 2.75) is 44.1 Å². The van der Waals surface area contributed by atoms with Crippen molar-refractivity contribution >= 4 is 17.9 Å². The number of carbonyl (C=O) groups excluding carboxylic acids is 3. The first-order valence-electron chi connectivity index (χ1n) is 13.6. The van der Waals surface area contributed by atoms with E-state index in [-0.39, 0.29) is 18.9 Å². The first kappa shape index (κ1) is 28.5. The number of morpholine rings is 1. The molecule has 2 saturated heterocycles. The summed E-state index contributed by atoms with van der Waals surface area (Å²) in [6.07, 6.45) is -0.867. The van der Waals surface area contributed by atoms with Crippen molar-refractivity contribution in [2.24, 2.45) is 0 Å². The van der Waals surface area contributed by atoms with Gasteiger partial charge in [-0.3, -0.25) is 14.5 Å². The van der Waals surface area contributed by atoms with Gasteiger partial charge in [-0.05, 0) is 30.4 Å². The number of likely N-dealkylation sites (tertiary alicyclic amines) is 1. The number of aliphatic hydroxyl groups excluding tert-OH is 1. The Morgan fingerprint density at radius 3 is 2.33 bits per heavy atom. The lowest BCUT2D eigenvalue weighted by atomic mass is 10.00. The zero-order chi connectivity index (χ0) is 27.5. The van der Waals surface area contributed by atoms with Crippen LogP contribution in [0.4, 0.5) is 4.79 Å². The van der Waals surface area contributed by atoms with Gasteiger partial charge in [0.1, 0.15) is 12.6 Å². The number of carbonyl (C=O) groups is 3. The molecule has 3 amide bonds. The molecule has 0 spiro atoms. The van der Waals surface area contributed by atoms with Crippen LogP contribution in [-0.4, -0.2) is 96.9 Å². The van der Waals surface area contributed by atoms with Crippen molar-refractivity contribution < 1.29 is 29.0 Å². The van der Waals surface area contributed by atoms with Gasteiger partial charge in [0.2, 0.25) is 5.91 Å². The first-order chi connectivity index (χ1) is 19.0. The van der Waals surface area contributed by atoms with Crippen LogP contribution in [0, 0.1) is 0 Å². The minimum Gasteiger partial charge on any atom is -0.445 e. The smallest absolute Gasteiger partial charge is 0.407 e. The van der Waals surface area contributed by atoms with E-state index in [4.69, 9.17) is 9.47 Å². The van der Waals surface area contributed by atoms with Gasteiger partial charge in [0, 0.05) is 32.7 Å². The molecule has 2 aliphatic rings. The Balaban J connectivity index is 1.36. The monoisotopic (exact) mass is 538 g/mol. The van der Waals surface area contributed by atoms with Crippen LogP contribution in [0.2, 0.25) is 0 Å². The fourth-order valence-electron chi connectivity index (χ4n) is 4.95. The largest absolute Gasteiger partial charge is 0.445 e. The van der Waals surface area contributed by atoms with Gasteiger partial charge in [0.05, 0.1) is 19.3 Å². The Kier molecular flexibility index (Phi) is 10.7. The summed E-state index contributed by atoms with van der Waals surface area (Å²) in [7, 11) is 0. The Morgan fingerprint density at radius 2 is 1.64 bits per heavy atom. The fourth-order valence-corrected chi connectivity index (χ4v) is 4.95. The predicted octanol–water partition coefficient (Wildman–Crippen LogP) is 1.32. The van der Waals surface area contributed by atoms with Crippen molar-refractivity contribution in [1.29, 1.82) is 0 Å². The molecule has 2 fully saturated rings. The van der Waals surface area contributed by atoms with Gasteiger partial charge in [0.25, 0.3) is 5.91 Å². The molecule has 0 radical (unpaired) electrons. The summed E-state index contributed by atoms with van der Waals surface area (Å²) in [5.74, 6) is -0.804. The zero-order valence-electron chi connectivity index (χ0n) is 22.2. The second kappa shape index (κ2) is 14.6. The molecule has 2 aromatic rings. The van der Waals surface area contributed by atoms with E-state index in [1.54, 1.807) is 0 Å². The minimum absolute atomic E-state index is 0.0631. The maximum absolute atomic E-state index is 13.5. The average molecular weight is 539 g/mol. The van der Waals surface area contributed by atoms with E-state index in [2.05, 4.69) is 15.5 Å². The first-order valence-corrected chi connectivity index (χ1v) is 13.6. The number of amides is 3. The average Bonchev–Trinajstić information content (AvgIpc) is 3.47. The van der Waals surface area contributed by atoms with Gasteiger partial charge in [-0.25, -0.2) is 4.79 Å². The molecule has 0 saturated carbocycles. The van der Waals surface area contributed by atoms with Crippen LogP contribution in [0.15, 0.2) is 60.7 Å². The number of hydrogen-bond donors (Lipinski definition) is 3. The fraction of sp³-hybridized carbons (Fsp3) is 0.483. The maximum Gasteiger partial charge on any atom is 0.407 e. The van der Waals surface area contributed by atoms with E-state index in [9.17, 15) is 19.5 Å². The second-order valence-electron chi connectivity index (χ2n) is 9.88. The second-order valence-corrected chi connectivity index (χ2v) is 9.88. The topological polar surface area (TPSA) is 120 Å². The number of benzene rings is 2. The number of ether oxygens (including phenoxy) is 2. The van der Waals surface area contributed by atoms with Crippen LogP contribution >= 0.6 is 0 Å². The lowest BCUT2D eigenvalue weighted by Crippen LogP contribution is -2.56.